The zero-order valence-corrected chi connectivity index (χ0v) is 9.12. The molecule has 1 aliphatic heterocycles. The van der Waals surface area contributed by atoms with Crippen LogP contribution in [0.4, 0.5) is 0 Å². The average Bonchev–Trinajstić information content (AvgIpc) is 2.51. The lowest BCUT2D eigenvalue weighted by Crippen LogP contribution is -2.36. The number of hydrogen-bond donors (Lipinski definition) is 1. The number of likely N-dealkylation sites (tertiary alicyclic amines) is 1. The number of aliphatic hydroxyl groups is 1. The molecule has 2 heteroatoms. The van der Waals surface area contributed by atoms with Crippen molar-refractivity contribution in [1.82, 2.24) is 4.90 Å². The van der Waals surface area contributed by atoms with E-state index in [0.29, 0.717) is 6.04 Å². The van der Waals surface area contributed by atoms with Crippen LogP contribution in [0.1, 0.15) is 51.4 Å². The maximum Gasteiger partial charge on any atom is 0.0555 e. The van der Waals surface area contributed by atoms with Crippen molar-refractivity contribution in [2.45, 2.75) is 63.5 Å². The maximum absolute atomic E-state index is 9.53. The van der Waals surface area contributed by atoms with Gasteiger partial charge >= 0.3 is 0 Å². The number of aliphatic hydroxyl groups excluding tert-OH is 1. The van der Waals surface area contributed by atoms with E-state index < -0.39 is 0 Å². The van der Waals surface area contributed by atoms with Crippen LogP contribution in [0.25, 0.3) is 0 Å². The average molecular weight is 197 g/mol. The second-order valence-electron chi connectivity index (χ2n) is 4.92. The molecule has 1 aliphatic carbocycles. The van der Waals surface area contributed by atoms with Gasteiger partial charge in [0.05, 0.1) is 6.10 Å². The Hall–Kier alpha value is -0.0800. The van der Waals surface area contributed by atoms with Crippen molar-refractivity contribution in [3.8, 4) is 0 Å². The van der Waals surface area contributed by atoms with Gasteiger partial charge in [-0.25, -0.2) is 0 Å². The van der Waals surface area contributed by atoms with Crippen molar-refractivity contribution in [2.24, 2.45) is 0 Å². The minimum absolute atomic E-state index is 0.00885. The fraction of sp³-hybridized carbons (Fsp3) is 1.00. The Morgan fingerprint density at radius 2 is 1.50 bits per heavy atom. The fourth-order valence-electron chi connectivity index (χ4n) is 2.90. The van der Waals surface area contributed by atoms with Gasteiger partial charge < -0.3 is 10.0 Å². The van der Waals surface area contributed by atoms with E-state index in [1.54, 1.807) is 0 Å². The van der Waals surface area contributed by atoms with Gasteiger partial charge in [-0.05, 0) is 45.2 Å². The normalized spacial score (nSPS) is 36.6. The summed E-state index contributed by atoms with van der Waals surface area (Å²) >= 11 is 0. The number of hydrogen-bond acceptors (Lipinski definition) is 2. The number of rotatable bonds is 1. The van der Waals surface area contributed by atoms with Gasteiger partial charge in [0.2, 0.25) is 0 Å². The summed E-state index contributed by atoms with van der Waals surface area (Å²) < 4.78 is 0. The van der Waals surface area contributed by atoms with Crippen LogP contribution in [-0.2, 0) is 0 Å². The smallest absolute Gasteiger partial charge is 0.0555 e. The molecule has 0 amide bonds. The highest BCUT2D eigenvalue weighted by molar-refractivity contribution is 4.83. The second-order valence-corrected chi connectivity index (χ2v) is 4.92. The first-order valence-electron chi connectivity index (χ1n) is 6.28. The molecule has 14 heavy (non-hydrogen) atoms. The first-order valence-corrected chi connectivity index (χ1v) is 6.28. The minimum atomic E-state index is -0.00885. The summed E-state index contributed by atoms with van der Waals surface area (Å²) in [6, 6.07) is 0.697. The van der Waals surface area contributed by atoms with Crippen LogP contribution in [0.5, 0.6) is 0 Å². The monoisotopic (exact) mass is 197 g/mol. The summed E-state index contributed by atoms with van der Waals surface area (Å²) in [6.07, 6.45) is 10.3. The highest BCUT2D eigenvalue weighted by Crippen LogP contribution is 2.25. The Morgan fingerprint density at radius 3 is 2.07 bits per heavy atom. The molecule has 0 spiro atoms. The maximum atomic E-state index is 9.53. The SMILES string of the molecule is OC1CCC(N2CCCCCCC2)C1. The molecule has 0 aromatic heterocycles. The molecule has 0 aromatic rings. The lowest BCUT2D eigenvalue weighted by molar-refractivity contribution is 0.144. The Bertz CT molecular complexity index is 164. The molecule has 1 saturated heterocycles. The second kappa shape index (κ2) is 5.13. The molecular weight excluding hydrogens is 174 g/mol. The Morgan fingerprint density at radius 1 is 0.857 bits per heavy atom. The van der Waals surface area contributed by atoms with E-state index in [2.05, 4.69) is 4.90 Å². The molecule has 2 rings (SSSR count). The van der Waals surface area contributed by atoms with Gasteiger partial charge in [0.25, 0.3) is 0 Å². The zero-order valence-electron chi connectivity index (χ0n) is 9.12. The molecule has 1 heterocycles. The third-order valence-corrected chi connectivity index (χ3v) is 3.78. The Kier molecular flexibility index (Phi) is 3.82. The summed E-state index contributed by atoms with van der Waals surface area (Å²) in [7, 11) is 0. The van der Waals surface area contributed by atoms with Gasteiger partial charge in [-0.2, -0.15) is 0 Å². The largest absolute Gasteiger partial charge is 0.393 e. The highest BCUT2D eigenvalue weighted by Gasteiger charge is 2.27. The van der Waals surface area contributed by atoms with Crippen molar-refractivity contribution in [3.63, 3.8) is 0 Å². The molecule has 2 fully saturated rings. The molecule has 0 radical (unpaired) electrons. The van der Waals surface area contributed by atoms with Crippen LogP contribution < -0.4 is 0 Å². The van der Waals surface area contributed by atoms with Crippen LogP contribution in [0.15, 0.2) is 0 Å². The summed E-state index contributed by atoms with van der Waals surface area (Å²) in [5.41, 5.74) is 0. The van der Waals surface area contributed by atoms with Gasteiger partial charge in [-0.3, -0.25) is 0 Å². The summed E-state index contributed by atoms with van der Waals surface area (Å²) in [6.45, 7) is 2.55. The topological polar surface area (TPSA) is 23.5 Å². The van der Waals surface area contributed by atoms with Crippen LogP contribution in [-0.4, -0.2) is 35.2 Å². The summed E-state index contributed by atoms with van der Waals surface area (Å²) in [4.78, 5) is 2.63. The molecule has 0 aromatic carbocycles. The van der Waals surface area contributed by atoms with Crippen molar-refractivity contribution in [1.29, 1.82) is 0 Å². The van der Waals surface area contributed by atoms with Crippen LogP contribution in [0, 0.1) is 0 Å². The van der Waals surface area contributed by atoms with E-state index in [1.165, 1.54) is 51.6 Å². The number of nitrogens with zero attached hydrogens (tertiary/aromatic N) is 1. The van der Waals surface area contributed by atoms with E-state index in [-0.39, 0.29) is 6.10 Å². The van der Waals surface area contributed by atoms with Gasteiger partial charge in [-0.1, -0.05) is 19.3 Å². The first-order chi connectivity index (χ1) is 6.86. The molecule has 0 bridgehead atoms. The predicted octanol–water partition coefficient (Wildman–Crippen LogP) is 2.17. The van der Waals surface area contributed by atoms with Gasteiger partial charge in [0, 0.05) is 6.04 Å². The van der Waals surface area contributed by atoms with E-state index in [1.807, 2.05) is 0 Å². The van der Waals surface area contributed by atoms with Gasteiger partial charge in [0.15, 0.2) is 0 Å². The highest BCUT2D eigenvalue weighted by atomic mass is 16.3. The predicted molar refractivity (Wildman–Crippen MR) is 58.3 cm³/mol. The molecule has 1 N–H and O–H groups in total. The molecular formula is C12H23NO. The van der Waals surface area contributed by atoms with E-state index in [9.17, 15) is 5.11 Å². The quantitative estimate of drug-likeness (QED) is 0.696. The Balaban J connectivity index is 1.81. The molecule has 82 valence electrons. The van der Waals surface area contributed by atoms with Gasteiger partial charge in [0.1, 0.15) is 0 Å². The van der Waals surface area contributed by atoms with Crippen molar-refractivity contribution in [2.75, 3.05) is 13.1 Å². The molecule has 1 saturated carbocycles. The zero-order chi connectivity index (χ0) is 9.80. The van der Waals surface area contributed by atoms with Crippen LogP contribution >= 0.6 is 0 Å². The third kappa shape index (κ3) is 2.71. The van der Waals surface area contributed by atoms with Crippen molar-refractivity contribution in [3.05, 3.63) is 0 Å². The van der Waals surface area contributed by atoms with Crippen LogP contribution in [0.2, 0.25) is 0 Å². The first kappa shape index (κ1) is 10.4. The lowest BCUT2D eigenvalue weighted by atomic mass is 10.1. The molecule has 2 nitrogen and oxygen atoms in total. The van der Waals surface area contributed by atoms with Crippen molar-refractivity contribution < 1.29 is 5.11 Å². The lowest BCUT2D eigenvalue weighted by Gasteiger charge is -2.30. The fourth-order valence-corrected chi connectivity index (χ4v) is 2.90. The van der Waals surface area contributed by atoms with Crippen LogP contribution in [0.3, 0.4) is 0 Å². The Labute approximate surface area is 87.3 Å². The van der Waals surface area contributed by atoms with Crippen molar-refractivity contribution >= 4 is 0 Å². The van der Waals surface area contributed by atoms with Gasteiger partial charge in [-0.15, -0.1) is 0 Å². The third-order valence-electron chi connectivity index (χ3n) is 3.78. The molecule has 2 unspecified atom stereocenters. The standard InChI is InChI=1S/C12H23NO/c14-12-7-6-11(10-12)13-8-4-2-1-3-5-9-13/h11-12,14H,1-10H2. The molecule has 2 aliphatic rings. The van der Waals surface area contributed by atoms with E-state index >= 15 is 0 Å². The van der Waals surface area contributed by atoms with E-state index in [0.717, 1.165) is 12.8 Å². The summed E-state index contributed by atoms with van der Waals surface area (Å²) in [5, 5.41) is 9.53. The summed E-state index contributed by atoms with van der Waals surface area (Å²) in [5.74, 6) is 0. The molecule has 2 atom stereocenters. The van der Waals surface area contributed by atoms with E-state index in [4.69, 9.17) is 0 Å². The minimum Gasteiger partial charge on any atom is -0.393 e.